The molecule has 18 heavy (non-hydrogen) atoms. The number of carboxylic acids is 1. The van der Waals surface area contributed by atoms with Crippen LogP contribution in [0, 0.1) is 3.57 Å². The van der Waals surface area contributed by atoms with Gasteiger partial charge in [0.05, 0.1) is 5.75 Å². The highest BCUT2D eigenvalue weighted by molar-refractivity contribution is 14.1. The Morgan fingerprint density at radius 1 is 1.50 bits per heavy atom. The molecule has 0 atom stereocenters. The maximum absolute atomic E-state index is 10.5. The summed E-state index contributed by atoms with van der Waals surface area (Å²) in [6.07, 6.45) is 0. The van der Waals surface area contributed by atoms with E-state index in [0.29, 0.717) is 11.0 Å². The fourth-order valence-electron chi connectivity index (χ4n) is 1.38. The Hall–Kier alpha value is -1.09. The highest BCUT2D eigenvalue weighted by Crippen LogP contribution is 2.24. The molecule has 0 amide bonds. The zero-order chi connectivity index (χ0) is 13.1. The summed E-state index contributed by atoms with van der Waals surface area (Å²) in [5.74, 6) is -0.257. The first-order valence-electron chi connectivity index (χ1n) is 5.08. The van der Waals surface area contributed by atoms with Gasteiger partial charge in [-0.15, -0.1) is 0 Å². The first kappa shape index (κ1) is 13.3. The molecule has 0 saturated heterocycles. The normalized spacial score (nSPS) is 10.6. The standard InChI is InChI=1S/C11H10IN3O2S/c1-15-11(18-6-9(16)17)13-10(14-15)7-4-2-3-5-8(7)12/h2-5H,6H2,1H3,(H,16,17). The van der Waals surface area contributed by atoms with Crippen molar-refractivity contribution in [2.75, 3.05) is 5.75 Å². The molecule has 2 rings (SSSR count). The van der Waals surface area contributed by atoms with Crippen molar-refractivity contribution in [3.05, 3.63) is 27.8 Å². The predicted molar refractivity (Wildman–Crippen MR) is 77.5 cm³/mol. The molecular formula is C11H10IN3O2S. The van der Waals surface area contributed by atoms with Gasteiger partial charge in [0.15, 0.2) is 11.0 Å². The van der Waals surface area contributed by atoms with Crippen LogP contribution in [0.15, 0.2) is 29.4 Å². The van der Waals surface area contributed by atoms with Gasteiger partial charge in [-0.25, -0.2) is 9.67 Å². The SMILES string of the molecule is Cn1nc(-c2ccccc2I)nc1SCC(=O)O. The highest BCUT2D eigenvalue weighted by atomic mass is 127. The number of halogens is 1. The van der Waals surface area contributed by atoms with E-state index in [4.69, 9.17) is 5.11 Å². The molecule has 0 fully saturated rings. The second-order valence-electron chi connectivity index (χ2n) is 3.50. The Labute approximate surface area is 122 Å². The second-order valence-corrected chi connectivity index (χ2v) is 5.61. The molecule has 5 nitrogen and oxygen atoms in total. The lowest BCUT2D eigenvalue weighted by atomic mass is 10.2. The maximum atomic E-state index is 10.5. The summed E-state index contributed by atoms with van der Waals surface area (Å²) in [7, 11) is 1.76. The topological polar surface area (TPSA) is 68.0 Å². The summed E-state index contributed by atoms with van der Waals surface area (Å²) in [5.41, 5.74) is 0.955. The number of aromatic nitrogens is 3. The molecule has 0 radical (unpaired) electrons. The third-order valence-corrected chi connectivity index (χ3v) is 4.11. The van der Waals surface area contributed by atoms with Crippen LogP contribution in [0.5, 0.6) is 0 Å². The van der Waals surface area contributed by atoms with Crippen LogP contribution < -0.4 is 0 Å². The van der Waals surface area contributed by atoms with Gasteiger partial charge in [-0.2, -0.15) is 5.10 Å². The lowest BCUT2D eigenvalue weighted by Crippen LogP contribution is -2.00. The van der Waals surface area contributed by atoms with Gasteiger partial charge in [-0.3, -0.25) is 4.79 Å². The van der Waals surface area contributed by atoms with Crippen molar-refractivity contribution in [3.63, 3.8) is 0 Å². The summed E-state index contributed by atoms with van der Waals surface area (Å²) in [4.78, 5) is 14.9. The van der Waals surface area contributed by atoms with E-state index in [1.807, 2.05) is 24.3 Å². The summed E-state index contributed by atoms with van der Waals surface area (Å²) in [6, 6.07) is 7.81. The minimum absolute atomic E-state index is 0.0160. The molecule has 0 unspecified atom stereocenters. The molecule has 1 heterocycles. The molecule has 94 valence electrons. The van der Waals surface area contributed by atoms with E-state index >= 15 is 0 Å². The Morgan fingerprint density at radius 2 is 2.22 bits per heavy atom. The number of aliphatic carboxylic acids is 1. The fourth-order valence-corrected chi connectivity index (χ4v) is 2.64. The van der Waals surface area contributed by atoms with Gasteiger partial charge < -0.3 is 5.11 Å². The second kappa shape index (κ2) is 5.70. The Morgan fingerprint density at radius 3 is 2.89 bits per heavy atom. The molecule has 1 N–H and O–H groups in total. The Bertz CT molecular complexity index is 585. The van der Waals surface area contributed by atoms with Gasteiger partial charge >= 0.3 is 5.97 Å². The van der Waals surface area contributed by atoms with E-state index in [1.165, 1.54) is 0 Å². The monoisotopic (exact) mass is 375 g/mol. The van der Waals surface area contributed by atoms with Crippen LogP contribution in [0.3, 0.4) is 0 Å². The van der Waals surface area contributed by atoms with Crippen LogP contribution in [0.25, 0.3) is 11.4 Å². The Balaban J connectivity index is 2.29. The summed E-state index contributed by atoms with van der Waals surface area (Å²) >= 11 is 3.39. The van der Waals surface area contributed by atoms with Gasteiger partial charge in [0.1, 0.15) is 0 Å². The smallest absolute Gasteiger partial charge is 0.313 e. The fraction of sp³-hybridized carbons (Fsp3) is 0.182. The molecule has 0 spiro atoms. The van der Waals surface area contributed by atoms with Gasteiger partial charge in [0.25, 0.3) is 0 Å². The van der Waals surface area contributed by atoms with Crippen LogP contribution in [-0.4, -0.2) is 31.6 Å². The number of thioether (sulfide) groups is 1. The van der Waals surface area contributed by atoms with Crippen molar-refractivity contribution < 1.29 is 9.90 Å². The van der Waals surface area contributed by atoms with Crippen molar-refractivity contribution in [2.24, 2.45) is 7.05 Å². The first-order chi connectivity index (χ1) is 8.58. The minimum atomic E-state index is -0.862. The largest absolute Gasteiger partial charge is 0.481 e. The maximum Gasteiger partial charge on any atom is 0.313 e. The number of rotatable bonds is 4. The number of hydrogen-bond donors (Lipinski definition) is 1. The van der Waals surface area contributed by atoms with Gasteiger partial charge in [-0.05, 0) is 28.7 Å². The average molecular weight is 375 g/mol. The zero-order valence-corrected chi connectivity index (χ0v) is 12.5. The minimum Gasteiger partial charge on any atom is -0.481 e. The number of benzene rings is 1. The average Bonchev–Trinajstić information content (AvgIpc) is 2.68. The van der Waals surface area contributed by atoms with E-state index in [0.717, 1.165) is 20.9 Å². The molecule has 0 aliphatic rings. The van der Waals surface area contributed by atoms with E-state index < -0.39 is 5.97 Å². The highest BCUT2D eigenvalue weighted by Gasteiger charge is 2.12. The number of hydrogen-bond acceptors (Lipinski definition) is 4. The zero-order valence-electron chi connectivity index (χ0n) is 9.50. The van der Waals surface area contributed by atoms with Crippen LogP contribution >= 0.6 is 34.4 Å². The molecule has 0 aliphatic carbocycles. The van der Waals surface area contributed by atoms with Gasteiger partial charge in [0.2, 0.25) is 0 Å². The molecule has 2 aromatic rings. The number of carboxylic acid groups (broad SMARTS) is 1. The van der Waals surface area contributed by atoms with Crippen molar-refractivity contribution in [3.8, 4) is 11.4 Å². The van der Waals surface area contributed by atoms with E-state index in [2.05, 4.69) is 32.7 Å². The third kappa shape index (κ3) is 3.02. The molecule has 1 aromatic carbocycles. The number of aryl methyl sites for hydroxylation is 1. The predicted octanol–water partition coefficient (Wildman–Crippen LogP) is 2.26. The lowest BCUT2D eigenvalue weighted by molar-refractivity contribution is -0.133. The van der Waals surface area contributed by atoms with Gasteiger partial charge in [0, 0.05) is 16.2 Å². The van der Waals surface area contributed by atoms with Crippen molar-refractivity contribution in [1.82, 2.24) is 14.8 Å². The molecule has 0 aliphatic heterocycles. The molecule has 0 saturated carbocycles. The van der Waals surface area contributed by atoms with Crippen LogP contribution in [0.2, 0.25) is 0 Å². The molecule has 0 bridgehead atoms. The quantitative estimate of drug-likeness (QED) is 0.656. The van der Waals surface area contributed by atoms with E-state index in [1.54, 1.807) is 11.7 Å². The summed E-state index contributed by atoms with van der Waals surface area (Å²) in [6.45, 7) is 0. The molecule has 1 aromatic heterocycles. The van der Waals surface area contributed by atoms with Crippen LogP contribution in [0.1, 0.15) is 0 Å². The summed E-state index contributed by atoms with van der Waals surface area (Å²) < 4.78 is 2.67. The summed E-state index contributed by atoms with van der Waals surface area (Å²) in [5, 5.41) is 13.6. The molecule has 7 heteroatoms. The van der Waals surface area contributed by atoms with Crippen LogP contribution in [-0.2, 0) is 11.8 Å². The van der Waals surface area contributed by atoms with E-state index in [-0.39, 0.29) is 5.75 Å². The van der Waals surface area contributed by atoms with Crippen molar-refractivity contribution in [1.29, 1.82) is 0 Å². The van der Waals surface area contributed by atoms with Crippen molar-refractivity contribution in [2.45, 2.75) is 5.16 Å². The Kier molecular flexibility index (Phi) is 4.23. The third-order valence-electron chi connectivity index (χ3n) is 2.16. The van der Waals surface area contributed by atoms with Crippen molar-refractivity contribution >= 4 is 40.3 Å². The number of carbonyl (C=O) groups is 1. The van der Waals surface area contributed by atoms with Gasteiger partial charge in [-0.1, -0.05) is 30.0 Å². The van der Waals surface area contributed by atoms with Crippen LogP contribution in [0.4, 0.5) is 0 Å². The number of nitrogens with zero attached hydrogens (tertiary/aromatic N) is 3. The van der Waals surface area contributed by atoms with E-state index in [9.17, 15) is 4.79 Å². The lowest BCUT2D eigenvalue weighted by Gasteiger charge is -1.97. The first-order valence-corrected chi connectivity index (χ1v) is 7.15. The molecular weight excluding hydrogens is 365 g/mol.